The normalized spacial score (nSPS) is 29.4. The lowest BCUT2D eigenvalue weighted by atomic mass is 10.1. The Morgan fingerprint density at radius 2 is 2.09 bits per heavy atom. The molecule has 15 heteroatoms. The molecule has 13 nitrogen and oxygen atoms in total. The number of pyridine rings is 1. The molecule has 6 atom stereocenters. The largest absolute Gasteiger partial charge is 0.777 e. The van der Waals surface area contributed by atoms with Crippen LogP contribution < -0.4 is 10.2 Å². The number of methoxy groups -OCH3 is 1. The van der Waals surface area contributed by atoms with Crippen molar-refractivity contribution in [2.75, 3.05) is 25.6 Å². The minimum absolute atomic E-state index is 0.189. The molecule has 4 rings (SSSR count). The number of nitrogens with zero attached hydrogens (tertiary/aromatic N) is 4. The Kier molecular flexibility index (Phi) is 7.49. The van der Waals surface area contributed by atoms with Crippen molar-refractivity contribution in [1.29, 1.82) is 0 Å². The fourth-order valence-electron chi connectivity index (χ4n) is 4.26. The highest BCUT2D eigenvalue weighted by Gasteiger charge is 2.47. The van der Waals surface area contributed by atoms with E-state index < -0.39 is 50.7 Å². The molecule has 1 saturated carbocycles. The monoisotopic (exact) mass is 520 g/mol. The number of hydrogen-bond donors (Lipinski definition) is 4. The molecule has 3 heterocycles. The van der Waals surface area contributed by atoms with Crippen molar-refractivity contribution in [3.63, 3.8) is 0 Å². The smallest absolute Gasteiger partial charge is 0.184 e. The van der Waals surface area contributed by atoms with Crippen LogP contribution in [0.1, 0.15) is 38.8 Å². The van der Waals surface area contributed by atoms with Crippen LogP contribution in [0.4, 0.5) is 5.69 Å². The molecule has 1 aliphatic heterocycles. The molecular weight excluding hydrogens is 493 g/mol. The number of aliphatic hydroxyl groups is 2. The number of fused-ring (bicyclic) bond motifs is 1. The van der Waals surface area contributed by atoms with Crippen LogP contribution in [0.2, 0.25) is 5.15 Å². The Hall–Kier alpha value is -1.41. The second-order valence-corrected chi connectivity index (χ2v) is 11.2. The maximum Gasteiger partial charge on any atom is 0.184 e. The number of ether oxygens (including phenoxy) is 3. The molecule has 4 N–H and O–H groups in total. The van der Waals surface area contributed by atoms with Crippen LogP contribution in [-0.2, 0) is 18.8 Å². The molecule has 1 unspecified atom stereocenters. The summed E-state index contributed by atoms with van der Waals surface area (Å²) in [6, 6.07) is 1.94. The van der Waals surface area contributed by atoms with Gasteiger partial charge < -0.3 is 44.1 Å². The molecule has 0 radical (unpaired) electrons. The average Bonchev–Trinajstić information content (AvgIpc) is 3.48. The topological polar surface area (TPSA) is 184 Å². The quantitative estimate of drug-likeness (QED) is 0.263. The van der Waals surface area contributed by atoms with Crippen LogP contribution in [-0.4, -0.2) is 85.1 Å². The molecule has 1 saturated heterocycles. The van der Waals surface area contributed by atoms with E-state index in [1.54, 1.807) is 6.07 Å². The van der Waals surface area contributed by atoms with Gasteiger partial charge in [-0.05, 0) is 19.8 Å². The molecule has 0 spiro atoms. The maximum absolute atomic E-state index is 11.8. The average molecular weight is 521 g/mol. The lowest BCUT2D eigenvalue weighted by molar-refractivity contribution is -0.220. The van der Waals surface area contributed by atoms with Crippen molar-refractivity contribution in [1.82, 2.24) is 20.0 Å². The van der Waals surface area contributed by atoms with E-state index in [4.69, 9.17) is 25.8 Å². The summed E-state index contributed by atoms with van der Waals surface area (Å²) in [7, 11) is -3.72. The van der Waals surface area contributed by atoms with Crippen LogP contribution in [0, 0.1) is 0 Å². The summed E-state index contributed by atoms with van der Waals surface area (Å²) in [4.78, 5) is 25.6. The molecule has 2 aromatic rings. The number of hydrogen-bond acceptors (Lipinski definition) is 11. The van der Waals surface area contributed by atoms with Crippen molar-refractivity contribution < 1.29 is 38.8 Å². The van der Waals surface area contributed by atoms with Gasteiger partial charge in [-0.2, -0.15) is 4.68 Å². The molecule has 2 fully saturated rings. The summed E-state index contributed by atoms with van der Waals surface area (Å²) in [5.74, 6) is 0. The van der Waals surface area contributed by atoms with Crippen LogP contribution in [0.3, 0.4) is 0 Å². The van der Waals surface area contributed by atoms with E-state index in [1.807, 2.05) is 0 Å². The minimum atomic E-state index is -4.97. The Morgan fingerprint density at radius 1 is 1.38 bits per heavy atom. The van der Waals surface area contributed by atoms with Gasteiger partial charge in [-0.1, -0.05) is 29.7 Å². The lowest BCUT2D eigenvalue weighted by Crippen LogP contribution is -2.42. The van der Waals surface area contributed by atoms with Crippen molar-refractivity contribution in [2.45, 2.75) is 68.5 Å². The molecule has 2 aliphatic rings. The second kappa shape index (κ2) is 9.92. The number of halogens is 1. The zero-order valence-electron chi connectivity index (χ0n) is 18.7. The number of aromatic nitrogens is 4. The van der Waals surface area contributed by atoms with Crippen molar-refractivity contribution in [2.24, 2.45) is 0 Å². The van der Waals surface area contributed by atoms with Crippen LogP contribution in [0.25, 0.3) is 11.2 Å². The van der Waals surface area contributed by atoms with E-state index in [0.717, 1.165) is 32.6 Å². The van der Waals surface area contributed by atoms with Gasteiger partial charge in [-0.3, -0.25) is 0 Å². The second-order valence-electron chi connectivity index (χ2n) is 8.81. The van der Waals surface area contributed by atoms with Crippen LogP contribution in [0.15, 0.2) is 6.07 Å². The highest BCUT2D eigenvalue weighted by Crippen LogP contribution is 2.47. The summed E-state index contributed by atoms with van der Waals surface area (Å²) in [6.45, 7) is 0.220. The van der Waals surface area contributed by atoms with E-state index in [1.165, 1.54) is 11.8 Å². The summed E-state index contributed by atoms with van der Waals surface area (Å²) < 4.78 is 28.9. The number of anilines is 1. The fourth-order valence-corrected chi connectivity index (χ4v) is 4.98. The van der Waals surface area contributed by atoms with Gasteiger partial charge in [-0.15, -0.1) is 5.10 Å². The lowest BCUT2D eigenvalue weighted by Gasteiger charge is -2.37. The molecular formula is C19H28ClN5O8P-. The van der Waals surface area contributed by atoms with Gasteiger partial charge in [-0.25, -0.2) is 4.98 Å². The van der Waals surface area contributed by atoms with Gasteiger partial charge in [0.25, 0.3) is 0 Å². The van der Waals surface area contributed by atoms with Gasteiger partial charge in [0, 0.05) is 19.2 Å². The molecule has 1 aliphatic carbocycles. The van der Waals surface area contributed by atoms with Gasteiger partial charge in [0.05, 0.1) is 18.9 Å². The van der Waals surface area contributed by atoms with E-state index in [2.05, 4.69) is 20.6 Å². The molecule has 0 aromatic carbocycles. The number of rotatable bonds is 9. The highest BCUT2D eigenvalue weighted by atomic mass is 35.5. The molecule has 0 amide bonds. The first kappa shape index (κ1) is 25.7. The summed E-state index contributed by atoms with van der Waals surface area (Å²) >= 11 is 6.23. The third-order valence-electron chi connectivity index (χ3n) is 6.26. The van der Waals surface area contributed by atoms with Crippen molar-refractivity contribution in [3.05, 3.63) is 11.2 Å². The van der Waals surface area contributed by atoms with Crippen LogP contribution >= 0.6 is 19.2 Å². The van der Waals surface area contributed by atoms with Gasteiger partial charge in [0.15, 0.2) is 30.3 Å². The Bertz CT molecular complexity index is 1060. The SMILES string of the molecule is COC[C@](C)(OC[C@H]1O[C@@H](n2nnc3c(NC4CCCC4)cc(Cl)nc32)[C@H](O)[C@@H]1O)P(=O)([O-])O. The zero-order chi connectivity index (χ0) is 24.7. The van der Waals surface area contributed by atoms with E-state index in [0.29, 0.717) is 11.2 Å². The zero-order valence-corrected chi connectivity index (χ0v) is 20.4. The summed E-state index contributed by atoms with van der Waals surface area (Å²) in [5.41, 5.74) is 1.33. The van der Waals surface area contributed by atoms with Crippen LogP contribution in [0.5, 0.6) is 0 Å². The third kappa shape index (κ3) is 4.95. The minimum Gasteiger partial charge on any atom is -0.777 e. The highest BCUT2D eigenvalue weighted by molar-refractivity contribution is 7.51. The van der Waals surface area contributed by atoms with Gasteiger partial charge in [0.1, 0.15) is 23.5 Å². The Labute approximate surface area is 200 Å². The number of aliphatic hydroxyl groups excluding tert-OH is 2. The molecule has 190 valence electrons. The summed E-state index contributed by atoms with van der Waals surface area (Å²) in [6.07, 6.45) is -0.907. The predicted octanol–water partition coefficient (Wildman–Crippen LogP) is 0.378. The third-order valence-corrected chi connectivity index (χ3v) is 7.91. The molecule has 0 bridgehead atoms. The first-order valence-electron chi connectivity index (χ1n) is 10.9. The first-order chi connectivity index (χ1) is 16.0. The number of nitrogens with one attached hydrogen (secondary N) is 1. The fraction of sp³-hybridized carbons (Fsp3) is 0.737. The predicted molar refractivity (Wildman–Crippen MR) is 118 cm³/mol. The maximum atomic E-state index is 11.8. The van der Waals surface area contributed by atoms with Crippen molar-refractivity contribution >= 4 is 36.0 Å². The Morgan fingerprint density at radius 3 is 2.74 bits per heavy atom. The van der Waals surface area contributed by atoms with Crippen molar-refractivity contribution in [3.8, 4) is 0 Å². The summed E-state index contributed by atoms with van der Waals surface area (Å²) in [5, 5.41) is 30.9. The first-order valence-corrected chi connectivity index (χ1v) is 12.9. The van der Waals surface area contributed by atoms with E-state index in [-0.39, 0.29) is 16.8 Å². The molecule has 2 aromatic heterocycles. The molecule has 34 heavy (non-hydrogen) atoms. The van der Waals surface area contributed by atoms with Gasteiger partial charge >= 0.3 is 0 Å². The standard InChI is InChI=1S/C19H29ClN5O8P/c1-19(9-31-2,34(28,29)30)32-8-12-15(26)16(27)18(33-12)25-17-14(23-24-25)11(7-13(20)22-17)21-10-5-3-4-6-10/h7,10,12,15-16,18,26-27H,3-6,8-9H2,1-2H3,(H,21,22)(H2,28,29,30)/p-1/t12-,15-,16-,18-,19-/m1/s1. The Balaban J connectivity index is 1.55. The van der Waals surface area contributed by atoms with Gasteiger partial charge in [0.2, 0.25) is 0 Å². The van der Waals surface area contributed by atoms with E-state index in [9.17, 15) is 24.6 Å². The van der Waals surface area contributed by atoms with E-state index >= 15 is 0 Å².